The van der Waals surface area contributed by atoms with Gasteiger partial charge in [0.1, 0.15) is 21.9 Å². The number of nitrogens with one attached hydrogen (secondary N) is 1. The van der Waals surface area contributed by atoms with Gasteiger partial charge in [-0.3, -0.25) is 4.79 Å². The number of hydrogen-bond acceptors (Lipinski definition) is 2. The maximum absolute atomic E-state index is 14.8. The minimum Gasteiger partial charge on any atom is -0.322 e. The molecule has 0 radical (unpaired) electrons. The SMILES string of the molecule is Cc1ccc(C)c(-c2cc(Cl)nc(Cl)c2)c1C(=O)Nc1ccc(-c2ccccc2F)c(F)c1. The van der Waals surface area contributed by atoms with Crippen molar-refractivity contribution < 1.29 is 13.6 Å². The van der Waals surface area contributed by atoms with Gasteiger partial charge in [0.05, 0.1) is 5.56 Å². The Bertz CT molecular complexity index is 1370. The van der Waals surface area contributed by atoms with E-state index in [-0.39, 0.29) is 27.1 Å². The first kappa shape index (κ1) is 22.9. The molecule has 0 saturated carbocycles. The van der Waals surface area contributed by atoms with Crippen LogP contribution in [0.2, 0.25) is 10.3 Å². The van der Waals surface area contributed by atoms with Crippen molar-refractivity contribution in [1.29, 1.82) is 0 Å². The molecule has 0 unspecified atom stereocenters. The zero-order valence-electron chi connectivity index (χ0n) is 17.7. The molecule has 0 saturated heterocycles. The average molecular weight is 483 g/mol. The van der Waals surface area contributed by atoms with Crippen LogP contribution in [0.5, 0.6) is 0 Å². The topological polar surface area (TPSA) is 42.0 Å². The molecule has 33 heavy (non-hydrogen) atoms. The molecule has 4 rings (SSSR count). The third kappa shape index (κ3) is 4.75. The Hall–Kier alpha value is -3.28. The van der Waals surface area contributed by atoms with E-state index in [0.717, 1.165) is 11.1 Å². The highest BCUT2D eigenvalue weighted by molar-refractivity contribution is 6.33. The van der Waals surface area contributed by atoms with Gasteiger partial charge >= 0.3 is 0 Å². The van der Waals surface area contributed by atoms with E-state index < -0.39 is 17.5 Å². The number of aromatic nitrogens is 1. The van der Waals surface area contributed by atoms with Gasteiger partial charge < -0.3 is 5.32 Å². The molecule has 4 aromatic rings. The standard InChI is InChI=1S/C26H18Cl2F2N2O/c1-14-7-8-15(2)25(24(14)16-11-22(27)32-23(28)12-16)26(33)31-17-9-10-19(21(30)13-17)18-5-3-4-6-20(18)29/h3-13H,1-2H3,(H,31,33). The minimum atomic E-state index is -0.646. The number of rotatable bonds is 4. The second-order valence-corrected chi connectivity index (χ2v) is 8.35. The third-order valence-corrected chi connectivity index (χ3v) is 5.68. The molecule has 0 atom stereocenters. The van der Waals surface area contributed by atoms with Crippen molar-refractivity contribution in [2.45, 2.75) is 13.8 Å². The summed E-state index contributed by atoms with van der Waals surface area (Å²) in [6.07, 6.45) is 0. The maximum Gasteiger partial charge on any atom is 0.256 e. The van der Waals surface area contributed by atoms with Crippen LogP contribution in [0.3, 0.4) is 0 Å². The van der Waals surface area contributed by atoms with Crippen LogP contribution in [0.1, 0.15) is 21.5 Å². The number of halogens is 4. The molecule has 0 aliphatic rings. The lowest BCUT2D eigenvalue weighted by atomic mass is 9.91. The number of hydrogen-bond donors (Lipinski definition) is 1. The lowest BCUT2D eigenvalue weighted by molar-refractivity contribution is 0.102. The summed E-state index contributed by atoms with van der Waals surface area (Å²) < 4.78 is 28.9. The molecule has 0 aliphatic carbocycles. The predicted molar refractivity (Wildman–Crippen MR) is 129 cm³/mol. The van der Waals surface area contributed by atoms with Gasteiger partial charge in [0.25, 0.3) is 5.91 Å². The Kier molecular flexibility index (Phi) is 6.45. The summed E-state index contributed by atoms with van der Waals surface area (Å²) in [6, 6.07) is 17.1. The molecule has 0 fully saturated rings. The highest BCUT2D eigenvalue weighted by atomic mass is 35.5. The first-order valence-corrected chi connectivity index (χ1v) is 10.8. The number of anilines is 1. The zero-order valence-corrected chi connectivity index (χ0v) is 19.2. The Morgan fingerprint density at radius 2 is 1.45 bits per heavy atom. The number of aryl methyl sites for hydroxylation is 2. The number of nitrogens with zero attached hydrogens (tertiary/aromatic N) is 1. The van der Waals surface area contributed by atoms with Crippen molar-refractivity contribution in [1.82, 2.24) is 4.98 Å². The van der Waals surface area contributed by atoms with Crippen LogP contribution in [-0.4, -0.2) is 10.9 Å². The summed E-state index contributed by atoms with van der Waals surface area (Å²) in [5.74, 6) is -1.59. The first-order valence-electron chi connectivity index (χ1n) is 10.0. The Morgan fingerprint density at radius 1 is 0.818 bits per heavy atom. The van der Waals surface area contributed by atoms with Gasteiger partial charge in [0.2, 0.25) is 0 Å². The molecule has 1 aromatic heterocycles. The van der Waals surface area contributed by atoms with Gasteiger partial charge in [-0.1, -0.05) is 53.5 Å². The van der Waals surface area contributed by atoms with Crippen LogP contribution in [0.4, 0.5) is 14.5 Å². The highest BCUT2D eigenvalue weighted by Crippen LogP contribution is 2.34. The van der Waals surface area contributed by atoms with E-state index in [1.807, 2.05) is 26.0 Å². The number of amides is 1. The molecule has 7 heteroatoms. The summed E-state index contributed by atoms with van der Waals surface area (Å²) in [6.45, 7) is 3.68. The molecule has 3 nitrogen and oxygen atoms in total. The first-order chi connectivity index (χ1) is 15.7. The van der Waals surface area contributed by atoms with E-state index in [0.29, 0.717) is 16.7 Å². The number of carbonyl (C=O) groups excluding carboxylic acids is 1. The van der Waals surface area contributed by atoms with E-state index in [1.54, 1.807) is 18.2 Å². The van der Waals surface area contributed by atoms with Crippen molar-refractivity contribution in [3.05, 3.63) is 105 Å². The largest absolute Gasteiger partial charge is 0.322 e. The summed E-state index contributed by atoms with van der Waals surface area (Å²) in [4.78, 5) is 17.3. The van der Waals surface area contributed by atoms with Crippen LogP contribution in [-0.2, 0) is 0 Å². The number of benzene rings is 3. The van der Waals surface area contributed by atoms with Crippen molar-refractivity contribution in [2.75, 3.05) is 5.32 Å². The summed E-state index contributed by atoms with van der Waals surface area (Å²) in [5.41, 5.74) is 3.78. The fraction of sp³-hybridized carbons (Fsp3) is 0.0769. The second-order valence-electron chi connectivity index (χ2n) is 7.58. The maximum atomic E-state index is 14.8. The normalized spacial score (nSPS) is 10.8. The van der Waals surface area contributed by atoms with Gasteiger partial charge in [-0.2, -0.15) is 0 Å². The minimum absolute atomic E-state index is 0.111. The van der Waals surface area contributed by atoms with Gasteiger partial charge in [0.15, 0.2) is 0 Å². The molecule has 166 valence electrons. The Morgan fingerprint density at radius 3 is 2.12 bits per heavy atom. The second kappa shape index (κ2) is 9.30. The third-order valence-electron chi connectivity index (χ3n) is 5.29. The van der Waals surface area contributed by atoms with E-state index in [1.165, 1.54) is 36.4 Å². The lowest BCUT2D eigenvalue weighted by Gasteiger charge is -2.17. The van der Waals surface area contributed by atoms with Gasteiger partial charge in [-0.25, -0.2) is 13.8 Å². The van der Waals surface area contributed by atoms with Gasteiger partial charge in [0, 0.05) is 16.8 Å². The van der Waals surface area contributed by atoms with E-state index in [9.17, 15) is 13.6 Å². The summed E-state index contributed by atoms with van der Waals surface area (Å²) >= 11 is 12.2. The van der Waals surface area contributed by atoms with E-state index in [2.05, 4.69) is 10.3 Å². The van der Waals surface area contributed by atoms with Crippen LogP contribution < -0.4 is 5.32 Å². The molecule has 0 spiro atoms. The highest BCUT2D eigenvalue weighted by Gasteiger charge is 2.20. The summed E-state index contributed by atoms with van der Waals surface area (Å²) in [5, 5.41) is 3.15. The molecule has 1 heterocycles. The molecule has 3 aromatic carbocycles. The van der Waals surface area contributed by atoms with E-state index >= 15 is 0 Å². The monoisotopic (exact) mass is 482 g/mol. The predicted octanol–water partition coefficient (Wildman–Crippen LogP) is 7.87. The lowest BCUT2D eigenvalue weighted by Crippen LogP contribution is -2.15. The van der Waals surface area contributed by atoms with Gasteiger partial charge in [-0.15, -0.1) is 0 Å². The number of pyridine rings is 1. The quantitative estimate of drug-likeness (QED) is 0.300. The van der Waals surface area contributed by atoms with E-state index in [4.69, 9.17) is 23.2 Å². The average Bonchev–Trinajstić information content (AvgIpc) is 2.75. The van der Waals surface area contributed by atoms with Crippen molar-refractivity contribution >= 4 is 34.8 Å². The Balaban J connectivity index is 1.72. The van der Waals surface area contributed by atoms with Crippen molar-refractivity contribution in [3.63, 3.8) is 0 Å². The molecular weight excluding hydrogens is 465 g/mol. The van der Waals surface area contributed by atoms with Crippen molar-refractivity contribution in [2.24, 2.45) is 0 Å². The van der Waals surface area contributed by atoms with Gasteiger partial charge in [-0.05, 0) is 72.5 Å². The number of carbonyl (C=O) groups is 1. The zero-order chi connectivity index (χ0) is 23.7. The van der Waals surface area contributed by atoms with Crippen LogP contribution in [0.25, 0.3) is 22.3 Å². The fourth-order valence-corrected chi connectivity index (χ4v) is 4.23. The summed E-state index contributed by atoms with van der Waals surface area (Å²) in [7, 11) is 0. The van der Waals surface area contributed by atoms with Crippen LogP contribution in [0, 0.1) is 25.5 Å². The molecule has 1 N–H and O–H groups in total. The van der Waals surface area contributed by atoms with Crippen LogP contribution >= 0.6 is 23.2 Å². The molecule has 1 amide bonds. The van der Waals surface area contributed by atoms with Crippen molar-refractivity contribution in [3.8, 4) is 22.3 Å². The smallest absolute Gasteiger partial charge is 0.256 e. The molecule has 0 aliphatic heterocycles. The molecular formula is C26H18Cl2F2N2O. The fourth-order valence-electron chi connectivity index (χ4n) is 3.77. The Labute approximate surface area is 200 Å². The van der Waals surface area contributed by atoms with Crippen LogP contribution in [0.15, 0.2) is 66.7 Å². The molecule has 0 bridgehead atoms.